The molecule has 0 saturated heterocycles. The molecule has 1 amide bonds. The molecule has 0 saturated carbocycles. The summed E-state index contributed by atoms with van der Waals surface area (Å²) in [4.78, 5) is 39.7. The molecule has 1 unspecified atom stereocenters. The third-order valence-electron chi connectivity index (χ3n) is 5.12. The highest BCUT2D eigenvalue weighted by atomic mass is 32.2. The van der Waals surface area contributed by atoms with Gasteiger partial charge in [0.05, 0.1) is 23.4 Å². The van der Waals surface area contributed by atoms with Gasteiger partial charge in [0.2, 0.25) is 0 Å². The lowest BCUT2D eigenvalue weighted by Crippen LogP contribution is -2.30. The topological polar surface area (TPSA) is 135 Å². The van der Waals surface area contributed by atoms with E-state index in [1.165, 1.54) is 31.0 Å². The predicted octanol–water partition coefficient (Wildman–Crippen LogP) is 4.56. The molecule has 3 rings (SSSR count). The summed E-state index contributed by atoms with van der Waals surface area (Å²) in [7, 11) is 1.24. The van der Waals surface area contributed by atoms with Gasteiger partial charge in [0.25, 0.3) is 5.69 Å². The summed E-state index contributed by atoms with van der Waals surface area (Å²) in [5, 5.41) is 22.5. The average Bonchev–Trinajstić information content (AvgIpc) is 2.86. The Morgan fingerprint density at radius 1 is 1.15 bits per heavy atom. The number of methoxy groups -OCH3 is 1. The van der Waals surface area contributed by atoms with Crippen LogP contribution in [0.2, 0.25) is 0 Å². The summed E-state index contributed by atoms with van der Waals surface area (Å²) in [5.41, 5.74) is 1.99. The lowest BCUT2D eigenvalue weighted by atomic mass is 9.80. The van der Waals surface area contributed by atoms with Gasteiger partial charge < -0.3 is 10.1 Å². The van der Waals surface area contributed by atoms with E-state index in [1.54, 1.807) is 54.8 Å². The maximum Gasteiger partial charge on any atom is 0.412 e. The number of ketones is 1. The molecule has 1 aliphatic rings. The van der Waals surface area contributed by atoms with Gasteiger partial charge in [-0.15, -0.1) is 0 Å². The second-order valence-corrected chi connectivity index (χ2v) is 8.00. The zero-order chi connectivity index (χ0) is 24.7. The van der Waals surface area contributed by atoms with Crippen LogP contribution in [0.15, 0.2) is 83.0 Å². The third-order valence-corrected chi connectivity index (χ3v) is 5.70. The van der Waals surface area contributed by atoms with Crippen LogP contribution in [-0.2, 0) is 11.2 Å². The van der Waals surface area contributed by atoms with E-state index in [0.717, 1.165) is 5.56 Å². The van der Waals surface area contributed by atoms with Crippen molar-refractivity contribution in [1.29, 1.82) is 5.41 Å². The number of benzene rings is 2. The van der Waals surface area contributed by atoms with Crippen LogP contribution in [0.5, 0.6) is 0 Å². The van der Waals surface area contributed by atoms with Crippen LogP contribution >= 0.6 is 11.8 Å². The zero-order valence-electron chi connectivity index (χ0n) is 18.5. The monoisotopic (exact) mass is 478 g/mol. The zero-order valence-corrected chi connectivity index (χ0v) is 19.3. The Balaban J connectivity index is 1.99. The number of thioether (sulfide) groups is 1. The minimum Gasteiger partial charge on any atom is -0.453 e. The van der Waals surface area contributed by atoms with Gasteiger partial charge in [-0.3, -0.25) is 20.2 Å². The van der Waals surface area contributed by atoms with Gasteiger partial charge in [-0.2, -0.15) is 0 Å². The van der Waals surface area contributed by atoms with E-state index in [-0.39, 0.29) is 34.5 Å². The Labute approximate surface area is 200 Å². The fourth-order valence-electron chi connectivity index (χ4n) is 3.37. The van der Waals surface area contributed by atoms with Crippen molar-refractivity contribution in [3.05, 3.63) is 99.3 Å². The van der Waals surface area contributed by atoms with Crippen LogP contribution in [0.1, 0.15) is 15.9 Å². The summed E-state index contributed by atoms with van der Waals surface area (Å²) in [6.45, 7) is 0. The number of amides is 1. The fourth-order valence-corrected chi connectivity index (χ4v) is 3.75. The first-order chi connectivity index (χ1) is 16.3. The Morgan fingerprint density at radius 3 is 2.41 bits per heavy atom. The number of ether oxygens (including phenoxy) is 1. The van der Waals surface area contributed by atoms with E-state index < -0.39 is 16.9 Å². The van der Waals surface area contributed by atoms with Gasteiger partial charge in [0.15, 0.2) is 11.0 Å². The number of nitrogens with zero attached hydrogens (tertiary/aromatic N) is 2. The average molecular weight is 479 g/mol. The molecule has 1 atom stereocenters. The van der Waals surface area contributed by atoms with E-state index in [4.69, 9.17) is 5.41 Å². The van der Waals surface area contributed by atoms with Crippen LogP contribution in [0.3, 0.4) is 0 Å². The lowest BCUT2D eigenvalue weighted by molar-refractivity contribution is -0.384. The van der Waals surface area contributed by atoms with Crippen molar-refractivity contribution in [2.45, 2.75) is 6.42 Å². The predicted molar refractivity (Wildman–Crippen MR) is 131 cm³/mol. The van der Waals surface area contributed by atoms with Gasteiger partial charge >= 0.3 is 6.09 Å². The smallest absolute Gasteiger partial charge is 0.412 e. The van der Waals surface area contributed by atoms with Crippen LogP contribution in [0, 0.1) is 21.4 Å². The largest absolute Gasteiger partial charge is 0.453 e. The number of allylic oxidation sites excluding steroid dienone is 4. The SMILES string of the molecule is COC(=O)NC(=NC1=CC=C(C(=O)c2ccccc2)C(Cc2ccc([N+](=O)[O-])cc2)C1=N)SC. The van der Waals surface area contributed by atoms with Crippen LogP contribution < -0.4 is 5.32 Å². The van der Waals surface area contributed by atoms with E-state index in [9.17, 15) is 19.7 Å². The Morgan fingerprint density at radius 2 is 1.82 bits per heavy atom. The standard InChI is InChI=1S/C24H22N4O5S/c1-33-24(30)27-23(34-2)26-20-13-12-18(22(29)16-6-4-3-5-7-16)19(21(20)25)14-15-8-10-17(11-9-15)28(31)32/h3-13,19,25H,14H2,1-2H3,(H,26,27,30). The number of nitro groups is 1. The van der Waals surface area contributed by atoms with Gasteiger partial charge in [0.1, 0.15) is 0 Å². The molecular formula is C24H22N4O5S. The van der Waals surface area contributed by atoms with Gasteiger partial charge in [0, 0.05) is 29.2 Å². The van der Waals surface area contributed by atoms with E-state index >= 15 is 0 Å². The number of rotatable bonds is 6. The molecule has 0 aromatic heterocycles. The molecule has 0 aliphatic heterocycles. The fraction of sp³-hybridized carbons (Fsp3) is 0.167. The summed E-state index contributed by atoms with van der Waals surface area (Å²) in [6, 6.07) is 14.8. The van der Waals surface area contributed by atoms with E-state index in [1.807, 2.05) is 6.07 Å². The van der Waals surface area contributed by atoms with E-state index in [2.05, 4.69) is 15.0 Å². The number of carbonyl (C=O) groups is 2. The number of amidine groups is 1. The number of alkyl carbamates (subject to hydrolysis) is 1. The second kappa shape index (κ2) is 11.2. The minimum absolute atomic E-state index is 0.0396. The van der Waals surface area contributed by atoms with Crippen molar-refractivity contribution >= 4 is 40.2 Å². The molecule has 0 bridgehead atoms. The highest BCUT2D eigenvalue weighted by Crippen LogP contribution is 2.30. The summed E-state index contributed by atoms with van der Waals surface area (Å²) < 4.78 is 4.60. The molecular weight excluding hydrogens is 456 g/mol. The number of nitro benzene ring substituents is 1. The quantitative estimate of drug-likeness (QED) is 0.206. The van der Waals surface area contributed by atoms with Crippen molar-refractivity contribution in [3.63, 3.8) is 0 Å². The molecule has 0 spiro atoms. The van der Waals surface area contributed by atoms with Crippen LogP contribution in [0.4, 0.5) is 10.5 Å². The number of carbonyl (C=O) groups excluding carboxylic acids is 2. The number of hydrogen-bond donors (Lipinski definition) is 2. The molecule has 10 heteroatoms. The van der Waals surface area contributed by atoms with Gasteiger partial charge in [-0.25, -0.2) is 9.79 Å². The molecule has 2 N–H and O–H groups in total. The first-order valence-corrected chi connectivity index (χ1v) is 11.4. The molecule has 2 aromatic rings. The first kappa shape index (κ1) is 24.6. The second-order valence-electron chi connectivity index (χ2n) is 7.20. The highest BCUT2D eigenvalue weighted by molar-refractivity contribution is 8.13. The lowest BCUT2D eigenvalue weighted by Gasteiger charge is -2.24. The van der Waals surface area contributed by atoms with Crippen molar-refractivity contribution in [2.75, 3.05) is 13.4 Å². The third kappa shape index (κ3) is 5.84. The van der Waals surface area contributed by atoms with Crippen molar-refractivity contribution in [1.82, 2.24) is 5.32 Å². The molecule has 2 aromatic carbocycles. The molecule has 0 radical (unpaired) electrons. The molecule has 0 fully saturated rings. The Hall–Kier alpha value is -4.05. The first-order valence-electron chi connectivity index (χ1n) is 10.2. The summed E-state index contributed by atoms with van der Waals surface area (Å²) >= 11 is 1.17. The maximum absolute atomic E-state index is 13.3. The van der Waals surface area contributed by atoms with Crippen LogP contribution in [0.25, 0.3) is 0 Å². The number of aliphatic imine (C=N–C) groups is 1. The van der Waals surface area contributed by atoms with Gasteiger partial charge in [-0.1, -0.05) is 60.3 Å². The Bertz CT molecular complexity index is 1200. The highest BCUT2D eigenvalue weighted by Gasteiger charge is 2.30. The Kier molecular flexibility index (Phi) is 8.10. The number of non-ortho nitro benzene ring substituents is 1. The van der Waals surface area contributed by atoms with Crippen LogP contribution in [-0.4, -0.2) is 41.0 Å². The molecule has 1 aliphatic carbocycles. The number of nitrogens with one attached hydrogen (secondary N) is 2. The maximum atomic E-state index is 13.3. The molecule has 9 nitrogen and oxygen atoms in total. The van der Waals surface area contributed by atoms with Crippen molar-refractivity contribution in [2.24, 2.45) is 10.9 Å². The number of hydrogen-bond acceptors (Lipinski definition) is 8. The van der Waals surface area contributed by atoms with Gasteiger partial charge in [-0.05, 0) is 24.3 Å². The molecule has 34 heavy (non-hydrogen) atoms. The van der Waals surface area contributed by atoms with Crippen molar-refractivity contribution < 1.29 is 19.2 Å². The summed E-state index contributed by atoms with van der Waals surface area (Å²) in [6.07, 6.45) is 4.51. The normalized spacial score (nSPS) is 15.8. The summed E-state index contributed by atoms with van der Waals surface area (Å²) in [5.74, 6) is -0.853. The van der Waals surface area contributed by atoms with E-state index in [0.29, 0.717) is 11.1 Å². The minimum atomic E-state index is -0.686. The number of Topliss-reactive ketones (excluding diaryl/α,β-unsaturated/α-hetero) is 1. The molecule has 0 heterocycles. The molecule has 174 valence electrons. The van der Waals surface area contributed by atoms with Crippen molar-refractivity contribution in [3.8, 4) is 0 Å².